The second kappa shape index (κ2) is 4.29. The van der Waals surface area contributed by atoms with Gasteiger partial charge >= 0.3 is 12.0 Å². The molecule has 0 radical (unpaired) electrons. The summed E-state index contributed by atoms with van der Waals surface area (Å²) in [5.41, 5.74) is 0. The van der Waals surface area contributed by atoms with Crippen LogP contribution in [0, 0.1) is 0 Å². The van der Waals surface area contributed by atoms with Crippen LogP contribution in [0.2, 0.25) is 0 Å². The molecule has 1 aromatic rings. The molecule has 1 N–H and O–H groups in total. The fourth-order valence-corrected chi connectivity index (χ4v) is 0.935. The van der Waals surface area contributed by atoms with E-state index in [4.69, 9.17) is 9.63 Å². The standard InChI is InChI=1S/C9H15N3O3/c1-5(2)7-10-9(15-11-7)12(4)6(3)8(13)14/h5-6H,1-4H3,(H,13,14). The zero-order valence-electron chi connectivity index (χ0n) is 9.26. The van der Waals surface area contributed by atoms with Crippen LogP contribution < -0.4 is 4.90 Å². The SMILES string of the molecule is CC(C)c1noc(N(C)C(C)C(=O)O)n1. The van der Waals surface area contributed by atoms with Gasteiger partial charge in [-0.2, -0.15) is 4.98 Å². The summed E-state index contributed by atoms with van der Waals surface area (Å²) in [6, 6.07) is -0.459. The van der Waals surface area contributed by atoms with Gasteiger partial charge in [-0.1, -0.05) is 19.0 Å². The minimum absolute atomic E-state index is 0.163. The molecule has 1 heterocycles. The molecule has 6 nitrogen and oxygen atoms in total. The Morgan fingerprint density at radius 3 is 2.47 bits per heavy atom. The number of aromatic nitrogens is 2. The van der Waals surface area contributed by atoms with Crippen molar-refractivity contribution in [3.8, 4) is 0 Å². The lowest BCUT2D eigenvalue weighted by atomic mass is 10.2. The molecule has 0 saturated heterocycles. The average Bonchev–Trinajstić information content (AvgIpc) is 2.64. The normalized spacial score (nSPS) is 12.9. The van der Waals surface area contributed by atoms with Crippen LogP contribution in [0.5, 0.6) is 0 Å². The van der Waals surface area contributed by atoms with Crippen molar-refractivity contribution in [1.29, 1.82) is 0 Å². The van der Waals surface area contributed by atoms with Gasteiger partial charge in [0.1, 0.15) is 6.04 Å². The molecule has 0 bridgehead atoms. The number of nitrogens with zero attached hydrogens (tertiary/aromatic N) is 3. The summed E-state index contributed by atoms with van der Waals surface area (Å²) in [4.78, 5) is 16.3. The quantitative estimate of drug-likeness (QED) is 0.806. The van der Waals surface area contributed by atoms with E-state index in [1.54, 1.807) is 14.0 Å². The summed E-state index contributed by atoms with van der Waals surface area (Å²) >= 11 is 0. The maximum absolute atomic E-state index is 10.7. The monoisotopic (exact) mass is 213 g/mol. The van der Waals surface area contributed by atoms with Gasteiger partial charge in [-0.3, -0.25) is 0 Å². The summed E-state index contributed by atoms with van der Waals surface area (Å²) < 4.78 is 4.96. The van der Waals surface area contributed by atoms with Crippen LogP contribution in [0.25, 0.3) is 0 Å². The first kappa shape index (κ1) is 11.5. The molecule has 0 amide bonds. The second-order valence-electron chi connectivity index (χ2n) is 3.71. The third-order valence-corrected chi connectivity index (χ3v) is 2.19. The first-order chi connectivity index (χ1) is 6.93. The van der Waals surface area contributed by atoms with Crippen molar-refractivity contribution in [1.82, 2.24) is 10.1 Å². The number of rotatable bonds is 4. The lowest BCUT2D eigenvalue weighted by Gasteiger charge is -2.17. The van der Waals surface area contributed by atoms with Crippen molar-refractivity contribution in [3.05, 3.63) is 5.82 Å². The molecule has 1 atom stereocenters. The minimum Gasteiger partial charge on any atom is -0.480 e. The van der Waals surface area contributed by atoms with Gasteiger partial charge < -0.3 is 14.5 Å². The average molecular weight is 213 g/mol. The largest absolute Gasteiger partial charge is 0.480 e. The first-order valence-corrected chi connectivity index (χ1v) is 4.72. The molecule has 0 aliphatic carbocycles. The lowest BCUT2D eigenvalue weighted by molar-refractivity contribution is -0.138. The zero-order valence-corrected chi connectivity index (χ0v) is 9.26. The maximum atomic E-state index is 10.7. The molecule has 1 rings (SSSR count). The van der Waals surface area contributed by atoms with E-state index in [-0.39, 0.29) is 11.9 Å². The fraction of sp³-hybridized carbons (Fsp3) is 0.667. The molecule has 15 heavy (non-hydrogen) atoms. The van der Waals surface area contributed by atoms with Crippen molar-refractivity contribution in [3.63, 3.8) is 0 Å². The third-order valence-electron chi connectivity index (χ3n) is 2.19. The van der Waals surface area contributed by atoms with Gasteiger partial charge in [0.25, 0.3) is 0 Å². The highest BCUT2D eigenvalue weighted by Gasteiger charge is 2.22. The van der Waals surface area contributed by atoms with E-state index in [0.29, 0.717) is 5.82 Å². The lowest BCUT2D eigenvalue weighted by Crippen LogP contribution is -2.36. The van der Waals surface area contributed by atoms with E-state index < -0.39 is 12.0 Å². The molecule has 84 valence electrons. The van der Waals surface area contributed by atoms with Crippen LogP contribution in [0.15, 0.2) is 4.52 Å². The second-order valence-corrected chi connectivity index (χ2v) is 3.71. The van der Waals surface area contributed by atoms with Crippen LogP contribution in [0.4, 0.5) is 6.01 Å². The first-order valence-electron chi connectivity index (χ1n) is 4.72. The summed E-state index contributed by atoms with van der Waals surface area (Å²) in [7, 11) is 1.61. The number of carboxylic acids is 1. The van der Waals surface area contributed by atoms with Crippen LogP contribution in [0.3, 0.4) is 0 Å². The highest BCUT2D eigenvalue weighted by molar-refractivity contribution is 5.76. The number of carboxylic acid groups (broad SMARTS) is 1. The van der Waals surface area contributed by atoms with Gasteiger partial charge in [0, 0.05) is 13.0 Å². The highest BCUT2D eigenvalue weighted by Crippen LogP contribution is 2.16. The Morgan fingerprint density at radius 1 is 1.47 bits per heavy atom. The molecule has 0 aliphatic heterocycles. The summed E-state index contributed by atoms with van der Waals surface area (Å²) in [6.07, 6.45) is 0. The Labute approximate surface area is 87.9 Å². The summed E-state index contributed by atoms with van der Waals surface area (Å²) in [5.74, 6) is -0.188. The number of carbonyl (C=O) groups is 1. The molecule has 0 aromatic carbocycles. The van der Waals surface area contributed by atoms with Gasteiger partial charge in [0.2, 0.25) is 0 Å². The molecule has 1 unspecified atom stereocenters. The molecule has 0 aliphatic rings. The molecule has 0 saturated carbocycles. The summed E-state index contributed by atoms with van der Waals surface area (Å²) in [6.45, 7) is 5.44. The number of anilines is 1. The molecule has 1 aromatic heterocycles. The predicted octanol–water partition coefficient (Wildman–Crippen LogP) is 1.10. The molecular formula is C9H15N3O3. The zero-order chi connectivity index (χ0) is 11.6. The van der Waals surface area contributed by atoms with Gasteiger partial charge in [0.15, 0.2) is 5.82 Å². The van der Waals surface area contributed by atoms with Gasteiger partial charge in [-0.05, 0) is 6.92 Å². The van der Waals surface area contributed by atoms with E-state index in [1.807, 2.05) is 13.8 Å². The van der Waals surface area contributed by atoms with E-state index in [9.17, 15) is 4.79 Å². The molecular weight excluding hydrogens is 198 g/mol. The highest BCUT2D eigenvalue weighted by atomic mass is 16.5. The molecule has 0 fully saturated rings. The van der Waals surface area contributed by atoms with Crippen molar-refractivity contribution in [2.45, 2.75) is 32.7 Å². The van der Waals surface area contributed by atoms with Crippen LogP contribution >= 0.6 is 0 Å². The van der Waals surface area contributed by atoms with Crippen molar-refractivity contribution >= 4 is 12.0 Å². The van der Waals surface area contributed by atoms with Crippen molar-refractivity contribution in [2.75, 3.05) is 11.9 Å². The van der Waals surface area contributed by atoms with Gasteiger partial charge in [-0.15, -0.1) is 0 Å². The van der Waals surface area contributed by atoms with E-state index in [0.717, 1.165) is 0 Å². The Hall–Kier alpha value is -1.59. The topological polar surface area (TPSA) is 79.5 Å². The number of hydrogen-bond donors (Lipinski definition) is 1. The predicted molar refractivity (Wildman–Crippen MR) is 53.9 cm³/mol. The summed E-state index contributed by atoms with van der Waals surface area (Å²) in [5, 5.41) is 12.6. The Kier molecular flexibility index (Phi) is 3.28. The fourth-order valence-electron chi connectivity index (χ4n) is 0.935. The maximum Gasteiger partial charge on any atom is 0.326 e. The van der Waals surface area contributed by atoms with Crippen molar-refractivity contribution in [2.24, 2.45) is 0 Å². The Bertz CT molecular complexity index is 348. The Balaban J connectivity index is 2.82. The van der Waals surface area contributed by atoms with Crippen LogP contribution in [-0.4, -0.2) is 34.3 Å². The van der Waals surface area contributed by atoms with E-state index >= 15 is 0 Å². The van der Waals surface area contributed by atoms with Crippen LogP contribution in [0.1, 0.15) is 32.5 Å². The van der Waals surface area contributed by atoms with Crippen molar-refractivity contribution < 1.29 is 14.4 Å². The third kappa shape index (κ3) is 2.45. The molecule has 6 heteroatoms. The van der Waals surface area contributed by atoms with E-state index in [2.05, 4.69) is 10.1 Å². The van der Waals surface area contributed by atoms with Gasteiger partial charge in [0.05, 0.1) is 0 Å². The van der Waals surface area contributed by atoms with E-state index in [1.165, 1.54) is 4.90 Å². The van der Waals surface area contributed by atoms with Gasteiger partial charge in [-0.25, -0.2) is 4.79 Å². The smallest absolute Gasteiger partial charge is 0.326 e. The number of aliphatic carboxylic acids is 1. The van der Waals surface area contributed by atoms with Crippen LogP contribution in [-0.2, 0) is 4.79 Å². The molecule has 0 spiro atoms. The minimum atomic E-state index is -0.929. The Morgan fingerprint density at radius 2 is 2.07 bits per heavy atom. The number of likely N-dealkylation sites (N-methyl/N-ethyl adjacent to an activating group) is 1. The number of hydrogen-bond acceptors (Lipinski definition) is 5.